The molecule has 7 heteroatoms. The second kappa shape index (κ2) is 8.68. The number of halogens is 1. The first-order valence-electron chi connectivity index (χ1n) is 10.7. The Morgan fingerprint density at radius 3 is 2.50 bits per heavy atom. The Morgan fingerprint density at radius 2 is 1.83 bits per heavy atom. The fraction of sp³-hybridized carbons (Fsp3) is 0.522. The van der Waals surface area contributed by atoms with Crippen LogP contribution in [-0.4, -0.2) is 33.2 Å². The van der Waals surface area contributed by atoms with Crippen molar-refractivity contribution in [1.82, 2.24) is 9.78 Å². The summed E-state index contributed by atoms with van der Waals surface area (Å²) in [4.78, 5) is 24.5. The number of hydrogen-bond donors (Lipinski definition) is 1. The lowest BCUT2D eigenvalue weighted by Crippen LogP contribution is -2.33. The predicted molar refractivity (Wildman–Crippen MR) is 109 cm³/mol. The van der Waals surface area contributed by atoms with E-state index in [1.165, 1.54) is 12.1 Å². The number of nitrogens with zero attached hydrogens (tertiary/aromatic N) is 2. The number of hydrogen-bond acceptors (Lipinski definition) is 4. The summed E-state index contributed by atoms with van der Waals surface area (Å²) in [5.74, 6) is -3.41. The average molecular weight is 414 g/mol. The van der Waals surface area contributed by atoms with Crippen molar-refractivity contribution < 1.29 is 23.8 Å². The van der Waals surface area contributed by atoms with Gasteiger partial charge in [0.05, 0.1) is 22.9 Å². The molecule has 0 bridgehead atoms. The lowest BCUT2D eigenvalue weighted by Gasteiger charge is -2.27. The number of benzene rings is 1. The summed E-state index contributed by atoms with van der Waals surface area (Å²) in [6.07, 6.45) is 5.28. The Morgan fingerprint density at radius 1 is 1.10 bits per heavy atom. The quantitative estimate of drug-likeness (QED) is 0.713. The van der Waals surface area contributed by atoms with Crippen molar-refractivity contribution in [3.05, 3.63) is 41.3 Å². The molecule has 2 heterocycles. The molecule has 1 aliphatic heterocycles. The molecule has 30 heavy (non-hydrogen) atoms. The van der Waals surface area contributed by atoms with E-state index in [2.05, 4.69) is 5.10 Å². The highest BCUT2D eigenvalue weighted by Gasteiger charge is 2.37. The summed E-state index contributed by atoms with van der Waals surface area (Å²) in [5.41, 5.74) is 2.15. The van der Waals surface area contributed by atoms with Gasteiger partial charge in [0, 0.05) is 18.1 Å². The zero-order valence-corrected chi connectivity index (χ0v) is 17.1. The number of Topliss-reactive ketones (excluding diaryl/α,β-unsaturated/α-hetero) is 1. The molecule has 0 amide bonds. The molecule has 4 rings (SSSR count). The largest absolute Gasteiger partial charge is 0.481 e. The van der Waals surface area contributed by atoms with Crippen LogP contribution in [0.15, 0.2) is 24.3 Å². The van der Waals surface area contributed by atoms with Gasteiger partial charge in [-0.2, -0.15) is 5.10 Å². The van der Waals surface area contributed by atoms with Gasteiger partial charge in [0.15, 0.2) is 12.0 Å². The van der Waals surface area contributed by atoms with E-state index in [-0.39, 0.29) is 11.8 Å². The molecule has 2 fully saturated rings. The number of aliphatic carboxylic acids is 1. The molecule has 1 saturated carbocycles. The second-order valence-corrected chi connectivity index (χ2v) is 8.33. The van der Waals surface area contributed by atoms with Crippen LogP contribution in [0.1, 0.15) is 67.2 Å². The number of ether oxygens (including phenoxy) is 1. The number of aryl methyl sites for hydroxylation is 1. The maximum Gasteiger partial charge on any atom is 0.307 e. The standard InChI is InChI=1S/C23H27FN2O4/c1-14-12-20(26(25-14)21-8-4-5-11-30-21)15-9-10-18(19(24)13-15)22(27)16-6-2-3-7-17(16)23(28)29/h9-10,12-13,16-17,21H,2-8,11H2,1H3,(H,28,29). The predicted octanol–water partition coefficient (Wildman–Crippen LogP) is 4.77. The maximum atomic E-state index is 15.0. The lowest BCUT2D eigenvalue weighted by atomic mass is 9.75. The first-order valence-corrected chi connectivity index (χ1v) is 10.7. The van der Waals surface area contributed by atoms with Gasteiger partial charge in [-0.25, -0.2) is 9.07 Å². The number of carbonyl (C=O) groups is 2. The second-order valence-electron chi connectivity index (χ2n) is 8.33. The molecule has 1 aromatic carbocycles. The van der Waals surface area contributed by atoms with Crippen LogP contribution in [0.5, 0.6) is 0 Å². The van der Waals surface area contributed by atoms with E-state index in [4.69, 9.17) is 4.74 Å². The van der Waals surface area contributed by atoms with Gasteiger partial charge in [-0.1, -0.05) is 18.9 Å². The van der Waals surface area contributed by atoms with Gasteiger partial charge in [0.25, 0.3) is 0 Å². The van der Waals surface area contributed by atoms with E-state index in [1.807, 2.05) is 13.0 Å². The Bertz CT molecular complexity index is 949. The summed E-state index contributed by atoms with van der Waals surface area (Å²) in [5, 5.41) is 14.0. The van der Waals surface area contributed by atoms with E-state index in [9.17, 15) is 14.7 Å². The fourth-order valence-electron chi connectivity index (χ4n) is 4.68. The van der Waals surface area contributed by atoms with Crippen molar-refractivity contribution in [3.63, 3.8) is 0 Å². The molecule has 6 nitrogen and oxygen atoms in total. The minimum atomic E-state index is -0.975. The molecule has 0 radical (unpaired) electrons. The van der Waals surface area contributed by atoms with Gasteiger partial charge in [-0.15, -0.1) is 0 Å². The van der Waals surface area contributed by atoms with E-state index in [1.54, 1.807) is 10.7 Å². The summed E-state index contributed by atoms with van der Waals surface area (Å²) >= 11 is 0. The third-order valence-corrected chi connectivity index (χ3v) is 6.24. The molecule has 0 spiro atoms. The van der Waals surface area contributed by atoms with Crippen molar-refractivity contribution >= 4 is 11.8 Å². The Balaban J connectivity index is 1.63. The third-order valence-electron chi connectivity index (χ3n) is 6.24. The molecule has 3 unspecified atom stereocenters. The molecular weight excluding hydrogens is 387 g/mol. The van der Waals surface area contributed by atoms with Gasteiger partial charge in [0.1, 0.15) is 5.82 Å². The van der Waals surface area contributed by atoms with Gasteiger partial charge < -0.3 is 9.84 Å². The number of ketones is 1. The van der Waals surface area contributed by atoms with Gasteiger partial charge >= 0.3 is 5.97 Å². The minimum absolute atomic E-state index is 0.0337. The molecule has 2 aromatic rings. The normalized spacial score (nSPS) is 24.5. The molecule has 1 N–H and O–H groups in total. The molecule has 1 saturated heterocycles. The Kier molecular flexibility index (Phi) is 5.99. The number of carbonyl (C=O) groups excluding carboxylic acids is 1. The highest BCUT2D eigenvalue weighted by Crippen LogP contribution is 2.35. The van der Waals surface area contributed by atoms with E-state index >= 15 is 4.39 Å². The van der Waals surface area contributed by atoms with Crippen molar-refractivity contribution in [1.29, 1.82) is 0 Å². The first kappa shape index (κ1) is 20.7. The van der Waals surface area contributed by atoms with Crippen LogP contribution in [-0.2, 0) is 9.53 Å². The maximum absolute atomic E-state index is 15.0. The van der Waals surface area contributed by atoms with E-state index < -0.39 is 29.4 Å². The van der Waals surface area contributed by atoms with Crippen molar-refractivity contribution in [2.24, 2.45) is 11.8 Å². The fourth-order valence-corrected chi connectivity index (χ4v) is 4.68. The molecule has 160 valence electrons. The van der Waals surface area contributed by atoms with E-state index in [0.717, 1.165) is 43.5 Å². The van der Waals surface area contributed by atoms with Crippen LogP contribution >= 0.6 is 0 Å². The zero-order chi connectivity index (χ0) is 21.3. The summed E-state index contributed by atoms with van der Waals surface area (Å²) in [7, 11) is 0. The molecule has 1 aromatic heterocycles. The van der Waals surface area contributed by atoms with Gasteiger partial charge in [0.2, 0.25) is 0 Å². The number of aromatic nitrogens is 2. The number of carboxylic acids is 1. The Hall–Kier alpha value is -2.54. The highest BCUT2D eigenvalue weighted by atomic mass is 19.1. The van der Waals surface area contributed by atoms with Crippen LogP contribution in [0.3, 0.4) is 0 Å². The van der Waals surface area contributed by atoms with Crippen LogP contribution in [0.4, 0.5) is 4.39 Å². The van der Waals surface area contributed by atoms with Crippen LogP contribution in [0.2, 0.25) is 0 Å². The zero-order valence-electron chi connectivity index (χ0n) is 17.1. The topological polar surface area (TPSA) is 81.4 Å². The van der Waals surface area contributed by atoms with Crippen LogP contribution in [0, 0.1) is 24.6 Å². The SMILES string of the molecule is Cc1cc(-c2ccc(C(=O)C3CCCCC3C(=O)O)c(F)c2)n(C2CCCCO2)n1. The van der Waals surface area contributed by atoms with Crippen molar-refractivity contribution in [2.45, 2.75) is 58.1 Å². The molecule has 3 atom stereocenters. The number of carboxylic acid groups (broad SMARTS) is 1. The highest BCUT2D eigenvalue weighted by molar-refractivity contribution is 6.00. The summed E-state index contributed by atoms with van der Waals surface area (Å²) < 4.78 is 22.7. The molecule has 1 aliphatic carbocycles. The van der Waals surface area contributed by atoms with Crippen molar-refractivity contribution in [2.75, 3.05) is 6.61 Å². The smallest absolute Gasteiger partial charge is 0.307 e. The van der Waals surface area contributed by atoms with Gasteiger partial charge in [-0.05, 0) is 57.2 Å². The minimum Gasteiger partial charge on any atom is -0.481 e. The molecule has 2 aliphatic rings. The van der Waals surface area contributed by atoms with Gasteiger partial charge in [-0.3, -0.25) is 9.59 Å². The number of rotatable bonds is 5. The lowest BCUT2D eigenvalue weighted by molar-refractivity contribution is -0.144. The Labute approximate surface area is 175 Å². The monoisotopic (exact) mass is 414 g/mol. The third kappa shape index (κ3) is 4.03. The van der Waals surface area contributed by atoms with Crippen LogP contribution in [0.25, 0.3) is 11.3 Å². The average Bonchev–Trinajstić information content (AvgIpc) is 3.15. The molecular formula is C23H27FN2O4. The summed E-state index contributed by atoms with van der Waals surface area (Å²) in [6.45, 7) is 2.56. The summed E-state index contributed by atoms with van der Waals surface area (Å²) in [6, 6.07) is 6.43. The van der Waals surface area contributed by atoms with E-state index in [0.29, 0.717) is 25.0 Å². The van der Waals surface area contributed by atoms with Crippen molar-refractivity contribution in [3.8, 4) is 11.3 Å². The first-order chi connectivity index (χ1) is 14.5. The van der Waals surface area contributed by atoms with Crippen LogP contribution < -0.4 is 0 Å².